The second-order valence-electron chi connectivity index (χ2n) is 4.30. The Morgan fingerprint density at radius 3 is 2.88 bits per heavy atom. The van der Waals surface area contributed by atoms with Crippen molar-refractivity contribution in [2.24, 2.45) is 0 Å². The van der Waals surface area contributed by atoms with Gasteiger partial charge in [-0.3, -0.25) is 4.90 Å². The number of aliphatic hydroxyl groups is 1. The van der Waals surface area contributed by atoms with E-state index in [1.54, 1.807) is 11.3 Å². The zero-order valence-corrected chi connectivity index (χ0v) is 10.5. The lowest BCUT2D eigenvalue weighted by molar-refractivity contribution is 0.138. The van der Waals surface area contributed by atoms with Crippen LogP contribution in [-0.4, -0.2) is 29.7 Å². The fourth-order valence-electron chi connectivity index (χ4n) is 1.96. The third kappa shape index (κ3) is 2.61. The summed E-state index contributed by atoms with van der Waals surface area (Å²) >= 11 is 1.79. The van der Waals surface area contributed by atoms with Crippen LogP contribution in [0.3, 0.4) is 0 Å². The second kappa shape index (κ2) is 4.95. The topological polar surface area (TPSA) is 23.5 Å². The second-order valence-corrected chi connectivity index (χ2v) is 5.21. The molecule has 16 heavy (non-hydrogen) atoms. The van der Waals surface area contributed by atoms with Crippen LogP contribution >= 0.6 is 11.3 Å². The Morgan fingerprint density at radius 1 is 1.38 bits per heavy atom. The summed E-state index contributed by atoms with van der Waals surface area (Å²) in [5.74, 6) is 0. The molecule has 0 fully saturated rings. The van der Waals surface area contributed by atoms with E-state index in [1.807, 2.05) is 14.0 Å². The molecule has 2 nitrogen and oxygen atoms in total. The molecule has 0 amide bonds. The van der Waals surface area contributed by atoms with Crippen LogP contribution in [0.4, 0.5) is 0 Å². The molecule has 1 unspecified atom stereocenters. The van der Waals surface area contributed by atoms with E-state index in [0.717, 1.165) is 6.54 Å². The number of nitrogens with zero attached hydrogens (tertiary/aromatic N) is 1. The summed E-state index contributed by atoms with van der Waals surface area (Å²) in [6, 6.07) is 8.46. The number of hydrogen-bond acceptors (Lipinski definition) is 3. The third-order valence-electron chi connectivity index (χ3n) is 2.58. The van der Waals surface area contributed by atoms with E-state index in [0.29, 0.717) is 6.54 Å². The monoisotopic (exact) mass is 235 g/mol. The van der Waals surface area contributed by atoms with Crippen molar-refractivity contribution in [1.82, 2.24) is 4.90 Å². The van der Waals surface area contributed by atoms with Crippen LogP contribution in [0.2, 0.25) is 0 Å². The number of hydrogen-bond donors (Lipinski definition) is 1. The highest BCUT2D eigenvalue weighted by Gasteiger charge is 2.07. The summed E-state index contributed by atoms with van der Waals surface area (Å²) in [6.07, 6.45) is -0.269. The molecule has 1 aromatic heterocycles. The first-order valence-electron chi connectivity index (χ1n) is 5.48. The fraction of sp³-hybridized carbons (Fsp3) is 0.385. The normalized spacial score (nSPS) is 13.5. The minimum absolute atomic E-state index is 0.269. The van der Waals surface area contributed by atoms with Crippen molar-refractivity contribution in [3.05, 3.63) is 35.2 Å². The van der Waals surface area contributed by atoms with Crippen molar-refractivity contribution in [2.75, 3.05) is 13.6 Å². The van der Waals surface area contributed by atoms with Gasteiger partial charge < -0.3 is 5.11 Å². The van der Waals surface area contributed by atoms with Crippen molar-refractivity contribution in [1.29, 1.82) is 0 Å². The Hall–Kier alpha value is -0.900. The predicted molar refractivity (Wildman–Crippen MR) is 69.8 cm³/mol. The van der Waals surface area contributed by atoms with Crippen molar-refractivity contribution in [3.63, 3.8) is 0 Å². The molecular formula is C13H17NOS. The predicted octanol–water partition coefficient (Wildman–Crippen LogP) is 2.71. The largest absolute Gasteiger partial charge is 0.392 e. The van der Waals surface area contributed by atoms with Gasteiger partial charge in [0.25, 0.3) is 0 Å². The SMILES string of the molecule is CC(O)CN(C)Cc1csc2ccccc12. The molecule has 1 aromatic carbocycles. The molecule has 2 rings (SSSR count). The van der Waals surface area contributed by atoms with Gasteiger partial charge in [0.1, 0.15) is 0 Å². The van der Waals surface area contributed by atoms with Gasteiger partial charge in [0.2, 0.25) is 0 Å². The van der Waals surface area contributed by atoms with E-state index in [2.05, 4.69) is 34.5 Å². The van der Waals surface area contributed by atoms with Crippen LogP contribution in [0.1, 0.15) is 12.5 Å². The van der Waals surface area contributed by atoms with Crippen LogP contribution in [0.5, 0.6) is 0 Å². The molecule has 86 valence electrons. The zero-order chi connectivity index (χ0) is 11.5. The minimum atomic E-state index is -0.269. The average Bonchev–Trinajstić information content (AvgIpc) is 2.61. The lowest BCUT2D eigenvalue weighted by Crippen LogP contribution is -2.26. The quantitative estimate of drug-likeness (QED) is 0.880. The summed E-state index contributed by atoms with van der Waals surface area (Å²) in [5.41, 5.74) is 1.35. The maximum atomic E-state index is 9.33. The van der Waals surface area contributed by atoms with Crippen molar-refractivity contribution < 1.29 is 5.11 Å². The molecule has 0 saturated heterocycles. The number of likely N-dealkylation sites (N-methyl/N-ethyl adjacent to an activating group) is 1. The summed E-state index contributed by atoms with van der Waals surface area (Å²) in [6.45, 7) is 3.43. The Morgan fingerprint density at radius 2 is 2.12 bits per heavy atom. The fourth-order valence-corrected chi connectivity index (χ4v) is 2.92. The van der Waals surface area contributed by atoms with Gasteiger partial charge >= 0.3 is 0 Å². The molecule has 0 spiro atoms. The van der Waals surface area contributed by atoms with Crippen molar-refractivity contribution in [3.8, 4) is 0 Å². The first-order chi connectivity index (χ1) is 7.66. The van der Waals surface area contributed by atoms with Gasteiger partial charge in [-0.15, -0.1) is 11.3 Å². The molecule has 1 heterocycles. The van der Waals surface area contributed by atoms with Crippen molar-refractivity contribution in [2.45, 2.75) is 19.6 Å². The van der Waals surface area contributed by atoms with E-state index < -0.39 is 0 Å². The highest BCUT2D eigenvalue weighted by molar-refractivity contribution is 7.17. The Bertz CT molecular complexity index is 464. The molecule has 0 bridgehead atoms. The van der Waals surface area contributed by atoms with E-state index in [9.17, 15) is 5.11 Å². The number of fused-ring (bicyclic) bond motifs is 1. The minimum Gasteiger partial charge on any atom is -0.392 e. The molecule has 1 atom stereocenters. The first kappa shape index (κ1) is 11.6. The van der Waals surface area contributed by atoms with Crippen LogP contribution in [0, 0.1) is 0 Å². The molecule has 2 aromatic rings. The lowest BCUT2D eigenvalue weighted by Gasteiger charge is -2.17. The third-order valence-corrected chi connectivity index (χ3v) is 3.59. The van der Waals surface area contributed by atoms with E-state index in [4.69, 9.17) is 0 Å². The van der Waals surface area contributed by atoms with Gasteiger partial charge in [-0.2, -0.15) is 0 Å². The maximum Gasteiger partial charge on any atom is 0.0639 e. The van der Waals surface area contributed by atoms with E-state index in [-0.39, 0.29) is 6.10 Å². The first-order valence-corrected chi connectivity index (χ1v) is 6.36. The standard InChI is InChI=1S/C13H17NOS/c1-10(15)7-14(2)8-11-9-16-13-6-4-3-5-12(11)13/h3-6,9-10,15H,7-8H2,1-2H3. The van der Waals surface area contributed by atoms with Gasteiger partial charge in [0, 0.05) is 17.8 Å². The summed E-state index contributed by atoms with van der Waals surface area (Å²) < 4.78 is 1.34. The van der Waals surface area contributed by atoms with Gasteiger partial charge in [-0.05, 0) is 36.4 Å². The Balaban J connectivity index is 2.15. The van der Waals surface area contributed by atoms with Crippen LogP contribution in [-0.2, 0) is 6.54 Å². The smallest absolute Gasteiger partial charge is 0.0639 e. The average molecular weight is 235 g/mol. The van der Waals surface area contributed by atoms with Gasteiger partial charge in [-0.1, -0.05) is 18.2 Å². The Labute approximate surface area is 100 Å². The molecule has 0 aliphatic heterocycles. The molecular weight excluding hydrogens is 218 g/mol. The molecule has 3 heteroatoms. The highest BCUT2D eigenvalue weighted by Crippen LogP contribution is 2.26. The van der Waals surface area contributed by atoms with Gasteiger partial charge in [0.05, 0.1) is 6.10 Å². The molecule has 0 saturated carbocycles. The van der Waals surface area contributed by atoms with E-state index >= 15 is 0 Å². The van der Waals surface area contributed by atoms with Crippen LogP contribution in [0.25, 0.3) is 10.1 Å². The van der Waals surface area contributed by atoms with Crippen LogP contribution < -0.4 is 0 Å². The number of benzene rings is 1. The van der Waals surface area contributed by atoms with Crippen LogP contribution in [0.15, 0.2) is 29.6 Å². The van der Waals surface area contributed by atoms with E-state index in [1.165, 1.54) is 15.6 Å². The Kier molecular flexibility index (Phi) is 3.59. The highest BCUT2D eigenvalue weighted by atomic mass is 32.1. The molecule has 0 aliphatic rings. The lowest BCUT2D eigenvalue weighted by atomic mass is 10.1. The summed E-state index contributed by atoms with van der Waals surface area (Å²) in [7, 11) is 2.04. The number of thiophene rings is 1. The molecule has 0 radical (unpaired) electrons. The zero-order valence-electron chi connectivity index (χ0n) is 9.68. The summed E-state index contributed by atoms with van der Waals surface area (Å²) in [5, 5.41) is 12.9. The van der Waals surface area contributed by atoms with Gasteiger partial charge in [0.15, 0.2) is 0 Å². The summed E-state index contributed by atoms with van der Waals surface area (Å²) in [4.78, 5) is 2.15. The molecule has 0 aliphatic carbocycles. The van der Waals surface area contributed by atoms with Gasteiger partial charge in [-0.25, -0.2) is 0 Å². The maximum absolute atomic E-state index is 9.33. The van der Waals surface area contributed by atoms with Crippen molar-refractivity contribution >= 4 is 21.4 Å². The molecule has 1 N–H and O–H groups in total. The number of aliphatic hydroxyl groups excluding tert-OH is 1. The number of rotatable bonds is 4.